The number of hydrogen-bond acceptors (Lipinski definition) is 11. The highest BCUT2D eigenvalue weighted by Gasteiger charge is 2.15. The largest absolute Gasteiger partial charge is 0.498 e. The van der Waals surface area contributed by atoms with Crippen LogP contribution in [0.25, 0.3) is 0 Å². The SMILES string of the molecule is C=S1(=C)CC(C)=C(C)C1.CC.CC.CC.CC.CC.CC.CC1=C(C)CNC1.CC1=C(C)COC1.CC1=C(C)NCC1.CC1=C(C)OC(C)O1.CC1=C(C)OCC1.CC1=C(C)OCN1.Cc1nnc(C)c(C)n1. The lowest BCUT2D eigenvalue weighted by Crippen LogP contribution is -2.07. The summed E-state index contributed by atoms with van der Waals surface area (Å²) in [6.45, 7) is 67.3. The van der Waals surface area contributed by atoms with Gasteiger partial charge in [0.25, 0.3) is 0 Å². The van der Waals surface area contributed by atoms with Crippen LogP contribution >= 0.6 is 9.21 Å². The minimum Gasteiger partial charge on any atom is -0.498 e. The zero-order valence-corrected chi connectivity index (χ0v) is 54.4. The zero-order valence-electron chi connectivity index (χ0n) is 53.6. The molecular formula is C61H120N6O5S. The smallest absolute Gasteiger partial charge is 0.237 e. The minimum absolute atomic E-state index is 0.0741. The molecule has 3 N–H and O–H groups in total. The predicted octanol–water partition coefficient (Wildman–Crippen LogP) is 16.7. The standard InChI is InChI=1S/C8H14S.C6H9N3.2C6H11N.C6H10O2.2C6H10O.C5H9NO.6C2H6/c1-7-5-9(3,4)6-8(7)2;1-4-5(2)8-9-6(3)7-4;1-5-3-7-4-6(5)2;1-5-3-4-7-6(5)2;1-4-5(2)8-6(3)7-4;1-5-3-7-4-6(5)2;1-5-3-4-7-6(5)2;1-4-5(2)7-3-6-4;6*1-2/h3-6H2,1-2H3;1-3H3;2*7H,3-4H2,1-2H3;6H,1-3H3;2*3-4H2,1-2H3;6H,3H2,1-2H3;6*1-2H3. The van der Waals surface area contributed by atoms with Crippen LogP contribution in [0, 0.1) is 20.8 Å². The normalized spacial score (nSPS) is 16.9. The molecular weight excluding hydrogens is 929 g/mol. The fourth-order valence-corrected chi connectivity index (χ4v) is 8.16. The fraction of sp³-hybridized carbons (Fsp3) is 0.689. The average molecular weight is 1050 g/mol. The number of rotatable bonds is 0. The maximum Gasteiger partial charge on any atom is 0.237 e. The maximum absolute atomic E-state index is 5.14. The van der Waals surface area contributed by atoms with Crippen molar-refractivity contribution in [1.82, 2.24) is 31.1 Å². The Morgan fingerprint density at radius 3 is 1.07 bits per heavy atom. The van der Waals surface area contributed by atoms with Gasteiger partial charge in [-0.2, -0.15) is 5.10 Å². The second-order valence-electron chi connectivity index (χ2n) is 16.9. The van der Waals surface area contributed by atoms with Gasteiger partial charge >= 0.3 is 0 Å². The highest BCUT2D eigenvalue weighted by atomic mass is 32.2. The van der Waals surface area contributed by atoms with Crippen LogP contribution in [-0.2, 0) is 23.7 Å². The highest BCUT2D eigenvalue weighted by molar-refractivity contribution is 8.28. The molecule has 0 aliphatic carbocycles. The first-order valence-electron chi connectivity index (χ1n) is 27.5. The first-order valence-corrected chi connectivity index (χ1v) is 29.8. The Labute approximate surface area is 454 Å². The third kappa shape index (κ3) is 41.0. The lowest BCUT2D eigenvalue weighted by molar-refractivity contribution is -0.0219. The van der Waals surface area contributed by atoms with E-state index in [9.17, 15) is 0 Å². The summed E-state index contributed by atoms with van der Waals surface area (Å²) in [6.07, 6.45) is 2.30. The summed E-state index contributed by atoms with van der Waals surface area (Å²) in [5, 5.41) is 17.2. The van der Waals surface area contributed by atoms with Gasteiger partial charge in [0.15, 0.2) is 6.73 Å². The van der Waals surface area contributed by atoms with Crippen molar-refractivity contribution in [2.24, 2.45) is 0 Å². The van der Waals surface area contributed by atoms with E-state index in [1.807, 2.05) is 145 Å². The van der Waals surface area contributed by atoms with Crippen molar-refractivity contribution in [2.45, 2.75) is 227 Å². The Bertz CT molecular complexity index is 1680. The van der Waals surface area contributed by atoms with Crippen molar-refractivity contribution >= 4 is 20.9 Å². The Morgan fingerprint density at radius 1 is 0.466 bits per heavy atom. The van der Waals surface area contributed by atoms with E-state index in [-0.39, 0.29) is 6.29 Å². The summed E-state index contributed by atoms with van der Waals surface area (Å²) in [7, 11) is -0.719. The fourth-order valence-electron chi connectivity index (χ4n) is 5.73. The average Bonchev–Trinajstić information content (AvgIpc) is 4.28. The number of ether oxygens (including phenoxy) is 5. The van der Waals surface area contributed by atoms with Crippen molar-refractivity contribution in [3.05, 3.63) is 96.2 Å². The summed E-state index contributed by atoms with van der Waals surface area (Å²) in [5.74, 6) is 15.2. The molecule has 7 aliphatic rings. The van der Waals surface area contributed by atoms with Crippen LogP contribution in [0.15, 0.2) is 79.0 Å². The van der Waals surface area contributed by atoms with Gasteiger partial charge in [0, 0.05) is 55.9 Å². The van der Waals surface area contributed by atoms with E-state index in [4.69, 9.17) is 23.7 Å². The van der Waals surface area contributed by atoms with E-state index >= 15 is 0 Å². The molecule has 0 amide bonds. The molecule has 8 heterocycles. The number of aromatic nitrogens is 3. The Hall–Kier alpha value is -4.00. The Balaban J connectivity index is -0.000000171. The lowest BCUT2D eigenvalue weighted by Gasteiger charge is -2.02. The van der Waals surface area contributed by atoms with Gasteiger partial charge in [0.05, 0.1) is 37.0 Å². The molecule has 1 aromatic rings. The third-order valence-corrected chi connectivity index (χ3v) is 13.2. The minimum atomic E-state index is -0.719. The molecule has 1 aromatic heterocycles. The summed E-state index contributed by atoms with van der Waals surface area (Å²) in [4.78, 5) is 4.10. The monoisotopic (exact) mass is 1050 g/mol. The van der Waals surface area contributed by atoms with Gasteiger partial charge in [-0.3, -0.25) is 0 Å². The Kier molecular flexibility index (Phi) is 55.2. The second-order valence-corrected chi connectivity index (χ2v) is 19.9. The van der Waals surface area contributed by atoms with Crippen molar-refractivity contribution in [3.63, 3.8) is 0 Å². The van der Waals surface area contributed by atoms with E-state index in [0.717, 1.165) is 91.8 Å². The number of allylic oxidation sites excluding steroid dienone is 6. The van der Waals surface area contributed by atoms with Crippen molar-refractivity contribution in [3.8, 4) is 0 Å². The summed E-state index contributed by atoms with van der Waals surface area (Å²) in [5.41, 5.74) is 16.2. The van der Waals surface area contributed by atoms with Gasteiger partial charge in [-0.1, -0.05) is 123 Å². The van der Waals surface area contributed by atoms with Gasteiger partial charge in [-0.15, -0.1) is 5.10 Å². The van der Waals surface area contributed by atoms with Crippen molar-refractivity contribution < 1.29 is 23.7 Å². The van der Waals surface area contributed by atoms with Gasteiger partial charge < -0.3 is 39.6 Å². The third-order valence-electron chi connectivity index (χ3n) is 11.1. The quantitative estimate of drug-likeness (QED) is 0.170. The molecule has 0 saturated carbocycles. The molecule has 0 aromatic carbocycles. The molecule has 73 heavy (non-hydrogen) atoms. The first kappa shape index (κ1) is 80.4. The topological polar surface area (TPSA) is 121 Å². The van der Waals surface area contributed by atoms with Crippen molar-refractivity contribution in [1.29, 1.82) is 0 Å². The van der Waals surface area contributed by atoms with Gasteiger partial charge in [0.1, 0.15) is 23.1 Å². The molecule has 12 heteroatoms. The maximum atomic E-state index is 5.14. The molecule has 0 radical (unpaired) electrons. The van der Waals surface area contributed by atoms with Crippen LogP contribution in [0.2, 0.25) is 0 Å². The van der Waals surface area contributed by atoms with E-state index < -0.39 is 9.21 Å². The molecule has 11 nitrogen and oxygen atoms in total. The molecule has 0 fully saturated rings. The van der Waals surface area contributed by atoms with Crippen LogP contribution in [-0.4, -0.2) is 90.9 Å². The van der Waals surface area contributed by atoms with E-state index in [2.05, 4.69) is 105 Å². The molecule has 0 spiro atoms. The summed E-state index contributed by atoms with van der Waals surface area (Å²) < 4.78 is 25.5. The molecule has 7 aliphatic heterocycles. The molecule has 8 rings (SSSR count). The van der Waals surface area contributed by atoms with Crippen LogP contribution in [0.3, 0.4) is 0 Å². The van der Waals surface area contributed by atoms with Crippen LogP contribution < -0.4 is 16.0 Å². The molecule has 0 saturated heterocycles. The predicted molar refractivity (Wildman–Crippen MR) is 330 cm³/mol. The van der Waals surface area contributed by atoms with E-state index in [0.29, 0.717) is 6.73 Å². The van der Waals surface area contributed by atoms with Gasteiger partial charge in [-0.05, 0) is 141 Å². The number of hydrogen-bond donors (Lipinski definition) is 3. The zero-order chi connectivity index (χ0) is 58.4. The van der Waals surface area contributed by atoms with E-state index in [1.165, 1.54) is 68.2 Å². The summed E-state index contributed by atoms with van der Waals surface area (Å²) >= 11 is 0. The van der Waals surface area contributed by atoms with E-state index in [1.54, 1.807) is 0 Å². The molecule has 0 bridgehead atoms. The number of nitrogens with zero attached hydrogens (tertiary/aromatic N) is 3. The first-order chi connectivity index (χ1) is 34.4. The van der Waals surface area contributed by atoms with Crippen molar-refractivity contribution in [2.75, 3.05) is 57.7 Å². The Morgan fingerprint density at radius 2 is 0.918 bits per heavy atom. The summed E-state index contributed by atoms with van der Waals surface area (Å²) in [6, 6.07) is 0. The van der Waals surface area contributed by atoms with Crippen LogP contribution in [0.5, 0.6) is 0 Å². The highest BCUT2D eigenvalue weighted by Crippen LogP contribution is 2.34. The van der Waals surface area contributed by atoms with Crippen LogP contribution in [0.1, 0.15) is 217 Å². The van der Waals surface area contributed by atoms with Gasteiger partial charge in [-0.25, -0.2) is 14.2 Å². The number of nitrogens with one attached hydrogen (secondary N) is 3. The lowest BCUT2D eigenvalue weighted by atomic mass is 10.2. The molecule has 430 valence electrons. The molecule has 0 atom stereocenters. The van der Waals surface area contributed by atoms with Gasteiger partial charge in [0.2, 0.25) is 6.29 Å². The van der Waals surface area contributed by atoms with Crippen LogP contribution in [0.4, 0.5) is 0 Å². The molecule has 0 unspecified atom stereocenters. The number of aryl methyl sites for hydroxylation is 3. The second kappa shape index (κ2) is 50.2.